The predicted molar refractivity (Wildman–Crippen MR) is 85.9 cm³/mol. The third-order valence-electron chi connectivity index (χ3n) is 3.16. The smallest absolute Gasteiger partial charge is 0.328 e. The number of amides is 1. The van der Waals surface area contributed by atoms with Crippen molar-refractivity contribution in [2.24, 2.45) is 0 Å². The summed E-state index contributed by atoms with van der Waals surface area (Å²) < 4.78 is 10.2. The molecule has 122 valence electrons. The van der Waals surface area contributed by atoms with Gasteiger partial charge in [0.2, 0.25) is 0 Å². The van der Waals surface area contributed by atoms with Crippen molar-refractivity contribution < 1.29 is 24.2 Å². The van der Waals surface area contributed by atoms with E-state index in [1.807, 2.05) is 24.3 Å². The van der Waals surface area contributed by atoms with Crippen LogP contribution >= 0.6 is 11.6 Å². The second-order valence-corrected chi connectivity index (χ2v) is 5.20. The molecule has 0 radical (unpaired) electrons. The van der Waals surface area contributed by atoms with Crippen LogP contribution in [-0.4, -0.2) is 43.3 Å². The number of aliphatic carboxylic acids is 1. The quantitative estimate of drug-likeness (QED) is 0.808. The van der Waals surface area contributed by atoms with Crippen LogP contribution in [0.3, 0.4) is 0 Å². The Morgan fingerprint density at radius 1 is 1.22 bits per heavy atom. The number of ether oxygens (including phenoxy) is 2. The summed E-state index contributed by atoms with van der Waals surface area (Å²) in [6.07, 6.45) is 0. The molecular formula is C16H16ClNO5. The van der Waals surface area contributed by atoms with Gasteiger partial charge >= 0.3 is 5.97 Å². The topological polar surface area (TPSA) is 84.9 Å². The maximum absolute atomic E-state index is 11.8. The average Bonchev–Trinajstić information content (AvgIpc) is 2.54. The number of hydrogen-bond donors (Lipinski definition) is 2. The van der Waals surface area contributed by atoms with E-state index in [2.05, 4.69) is 5.32 Å². The van der Waals surface area contributed by atoms with Gasteiger partial charge in [-0.1, -0.05) is 35.9 Å². The van der Waals surface area contributed by atoms with Crippen molar-refractivity contribution in [1.82, 2.24) is 5.32 Å². The molecule has 7 heteroatoms. The number of carboxylic acids is 1. The van der Waals surface area contributed by atoms with Gasteiger partial charge in [0.15, 0.2) is 12.6 Å². The second-order valence-electron chi connectivity index (χ2n) is 4.79. The van der Waals surface area contributed by atoms with Crippen LogP contribution in [-0.2, 0) is 14.3 Å². The van der Waals surface area contributed by atoms with E-state index < -0.39 is 17.9 Å². The van der Waals surface area contributed by atoms with Gasteiger partial charge in [-0.2, -0.15) is 0 Å². The maximum Gasteiger partial charge on any atom is 0.328 e. The molecule has 1 amide bonds. The molecule has 0 fully saturated rings. The van der Waals surface area contributed by atoms with E-state index in [4.69, 9.17) is 26.2 Å². The van der Waals surface area contributed by atoms with Gasteiger partial charge in [0.05, 0.1) is 6.61 Å². The highest BCUT2D eigenvalue weighted by Crippen LogP contribution is 2.31. The lowest BCUT2D eigenvalue weighted by Crippen LogP contribution is -2.45. The Balaban J connectivity index is 2.05. The minimum Gasteiger partial charge on any atom is -0.483 e. The van der Waals surface area contributed by atoms with E-state index in [-0.39, 0.29) is 13.2 Å². The minimum atomic E-state index is -1.17. The zero-order valence-corrected chi connectivity index (χ0v) is 13.2. The number of carbonyl (C=O) groups is 2. The standard InChI is InChI=1S/C16H16ClNO5/c1-22-8-13(16(20)21)18-15(19)9-23-14-7-6-12(17)10-4-2-3-5-11(10)14/h2-7,13H,8-9H2,1H3,(H,18,19)(H,20,21). The van der Waals surface area contributed by atoms with E-state index in [1.165, 1.54) is 7.11 Å². The normalized spacial score (nSPS) is 11.9. The monoisotopic (exact) mass is 337 g/mol. The fraction of sp³-hybridized carbons (Fsp3) is 0.250. The van der Waals surface area contributed by atoms with Crippen LogP contribution in [0.1, 0.15) is 0 Å². The zero-order chi connectivity index (χ0) is 16.8. The van der Waals surface area contributed by atoms with Crippen molar-refractivity contribution in [1.29, 1.82) is 0 Å². The Labute approximate surface area is 138 Å². The summed E-state index contributed by atoms with van der Waals surface area (Å²) in [6, 6.07) is 9.61. The van der Waals surface area contributed by atoms with Gasteiger partial charge in [0.1, 0.15) is 5.75 Å². The summed E-state index contributed by atoms with van der Waals surface area (Å²) in [5.74, 6) is -1.22. The molecule has 0 heterocycles. The number of hydrogen-bond acceptors (Lipinski definition) is 4. The van der Waals surface area contributed by atoms with Crippen LogP contribution in [0.15, 0.2) is 36.4 Å². The van der Waals surface area contributed by atoms with Crippen molar-refractivity contribution in [2.45, 2.75) is 6.04 Å². The molecule has 6 nitrogen and oxygen atoms in total. The second kappa shape index (κ2) is 7.80. The predicted octanol–water partition coefficient (Wildman–Crippen LogP) is 2.09. The van der Waals surface area contributed by atoms with Crippen LogP contribution in [0.5, 0.6) is 5.75 Å². The summed E-state index contributed by atoms with van der Waals surface area (Å²) in [5, 5.41) is 13.5. The molecule has 0 bridgehead atoms. The first kappa shape index (κ1) is 17.1. The van der Waals surface area contributed by atoms with Crippen LogP contribution in [0.2, 0.25) is 5.02 Å². The van der Waals surface area contributed by atoms with E-state index in [0.29, 0.717) is 10.8 Å². The number of methoxy groups -OCH3 is 1. The van der Waals surface area contributed by atoms with Crippen LogP contribution < -0.4 is 10.1 Å². The molecule has 1 atom stereocenters. The van der Waals surface area contributed by atoms with Gasteiger partial charge in [-0.05, 0) is 12.1 Å². The fourth-order valence-electron chi connectivity index (χ4n) is 2.08. The Bertz CT molecular complexity index is 719. The summed E-state index contributed by atoms with van der Waals surface area (Å²) >= 11 is 6.12. The average molecular weight is 338 g/mol. The molecule has 2 aromatic carbocycles. The fourth-order valence-corrected chi connectivity index (χ4v) is 2.31. The van der Waals surface area contributed by atoms with Crippen molar-refractivity contribution in [2.75, 3.05) is 20.3 Å². The third kappa shape index (κ3) is 4.34. The number of nitrogens with one attached hydrogen (secondary N) is 1. The molecule has 2 rings (SSSR count). The number of rotatable bonds is 7. The van der Waals surface area contributed by atoms with Crippen molar-refractivity contribution in [3.05, 3.63) is 41.4 Å². The lowest BCUT2D eigenvalue weighted by molar-refractivity contribution is -0.143. The molecule has 2 aromatic rings. The van der Waals surface area contributed by atoms with Gasteiger partial charge in [-0.15, -0.1) is 0 Å². The molecule has 0 aromatic heterocycles. The van der Waals surface area contributed by atoms with Gasteiger partial charge in [-0.3, -0.25) is 4.79 Å². The number of carbonyl (C=O) groups excluding carboxylic acids is 1. The SMILES string of the molecule is COCC(NC(=O)COc1ccc(Cl)c2ccccc12)C(=O)O. The Morgan fingerprint density at radius 3 is 2.57 bits per heavy atom. The minimum absolute atomic E-state index is 0.120. The van der Waals surface area contributed by atoms with Crippen molar-refractivity contribution in [3.8, 4) is 5.75 Å². The largest absolute Gasteiger partial charge is 0.483 e. The van der Waals surface area contributed by atoms with Gasteiger partial charge < -0.3 is 19.9 Å². The first-order valence-electron chi connectivity index (χ1n) is 6.84. The molecule has 23 heavy (non-hydrogen) atoms. The lowest BCUT2D eigenvalue weighted by atomic mass is 10.1. The van der Waals surface area contributed by atoms with Crippen LogP contribution in [0.4, 0.5) is 0 Å². The molecule has 2 N–H and O–H groups in total. The molecule has 0 aliphatic heterocycles. The van der Waals surface area contributed by atoms with Crippen molar-refractivity contribution >= 4 is 34.2 Å². The van der Waals surface area contributed by atoms with E-state index in [1.54, 1.807) is 12.1 Å². The number of benzene rings is 2. The van der Waals surface area contributed by atoms with E-state index in [9.17, 15) is 9.59 Å². The summed E-state index contributed by atoms with van der Waals surface area (Å²) in [7, 11) is 1.36. The highest BCUT2D eigenvalue weighted by molar-refractivity contribution is 6.35. The zero-order valence-electron chi connectivity index (χ0n) is 12.4. The summed E-state index contributed by atoms with van der Waals surface area (Å²) in [5.41, 5.74) is 0. The molecule has 0 aliphatic rings. The maximum atomic E-state index is 11.8. The lowest BCUT2D eigenvalue weighted by Gasteiger charge is -2.14. The Kier molecular flexibility index (Phi) is 5.78. The van der Waals surface area contributed by atoms with Crippen LogP contribution in [0.25, 0.3) is 10.8 Å². The number of fused-ring (bicyclic) bond motifs is 1. The molecule has 0 saturated carbocycles. The van der Waals surface area contributed by atoms with E-state index in [0.717, 1.165) is 10.8 Å². The molecule has 0 spiro atoms. The van der Waals surface area contributed by atoms with Crippen molar-refractivity contribution in [3.63, 3.8) is 0 Å². The number of halogens is 1. The molecule has 1 unspecified atom stereocenters. The van der Waals surface area contributed by atoms with Gasteiger partial charge in [0, 0.05) is 22.9 Å². The highest BCUT2D eigenvalue weighted by atomic mass is 35.5. The van der Waals surface area contributed by atoms with Gasteiger partial charge in [-0.25, -0.2) is 4.79 Å². The molecular weight excluding hydrogens is 322 g/mol. The third-order valence-corrected chi connectivity index (χ3v) is 3.49. The summed E-state index contributed by atoms with van der Waals surface area (Å²) in [4.78, 5) is 22.8. The Morgan fingerprint density at radius 2 is 1.91 bits per heavy atom. The number of carboxylic acid groups (broad SMARTS) is 1. The van der Waals surface area contributed by atoms with Gasteiger partial charge in [0.25, 0.3) is 5.91 Å². The van der Waals surface area contributed by atoms with Crippen LogP contribution in [0, 0.1) is 0 Å². The highest BCUT2D eigenvalue weighted by Gasteiger charge is 2.20. The molecule has 0 saturated heterocycles. The Hall–Kier alpha value is -2.31. The molecule has 0 aliphatic carbocycles. The first-order chi connectivity index (χ1) is 11.0. The van der Waals surface area contributed by atoms with E-state index >= 15 is 0 Å². The first-order valence-corrected chi connectivity index (χ1v) is 7.22. The summed E-state index contributed by atoms with van der Waals surface area (Å²) in [6.45, 7) is -0.427.